The van der Waals surface area contributed by atoms with Gasteiger partial charge in [-0.2, -0.15) is 0 Å². The molecule has 1 aliphatic rings. The second-order valence-electron chi connectivity index (χ2n) is 3.77. The minimum atomic E-state index is 0.431. The van der Waals surface area contributed by atoms with Gasteiger partial charge in [0.05, 0.1) is 13.2 Å². The van der Waals surface area contributed by atoms with Crippen LogP contribution in [0.15, 0.2) is 12.1 Å². The summed E-state index contributed by atoms with van der Waals surface area (Å²) in [5, 5.41) is 0. The first-order valence-corrected chi connectivity index (χ1v) is 5.76. The SMILES string of the molecule is CCOC=O.Cc1c(N)ccc2c1OCCC2. The summed E-state index contributed by atoms with van der Waals surface area (Å²) in [5.41, 5.74) is 8.98. The zero-order chi connectivity index (χ0) is 12.7. The van der Waals surface area contributed by atoms with E-state index in [2.05, 4.69) is 10.8 Å². The van der Waals surface area contributed by atoms with E-state index in [0.717, 1.165) is 36.4 Å². The number of carbonyl (C=O) groups is 1. The molecule has 0 unspecified atom stereocenters. The maximum atomic E-state index is 9.18. The number of anilines is 1. The Morgan fingerprint density at radius 3 is 2.88 bits per heavy atom. The highest BCUT2D eigenvalue weighted by Crippen LogP contribution is 2.31. The molecule has 0 bridgehead atoms. The van der Waals surface area contributed by atoms with Crippen LogP contribution in [0.3, 0.4) is 0 Å². The monoisotopic (exact) mass is 237 g/mol. The van der Waals surface area contributed by atoms with Gasteiger partial charge in [0, 0.05) is 11.3 Å². The molecule has 2 rings (SSSR count). The fraction of sp³-hybridized carbons (Fsp3) is 0.462. The van der Waals surface area contributed by atoms with Crippen LogP contribution in [0.25, 0.3) is 0 Å². The summed E-state index contributed by atoms with van der Waals surface area (Å²) in [7, 11) is 0. The highest BCUT2D eigenvalue weighted by Gasteiger charge is 2.13. The van der Waals surface area contributed by atoms with Crippen molar-refractivity contribution in [2.24, 2.45) is 0 Å². The number of benzene rings is 1. The largest absolute Gasteiger partial charge is 0.493 e. The molecule has 0 atom stereocenters. The van der Waals surface area contributed by atoms with E-state index in [9.17, 15) is 4.79 Å². The molecule has 0 saturated heterocycles. The number of hydrogen-bond acceptors (Lipinski definition) is 4. The van der Waals surface area contributed by atoms with Crippen LogP contribution in [-0.4, -0.2) is 19.7 Å². The smallest absolute Gasteiger partial charge is 0.293 e. The molecule has 0 aliphatic carbocycles. The molecule has 1 heterocycles. The summed E-state index contributed by atoms with van der Waals surface area (Å²) < 4.78 is 9.71. The van der Waals surface area contributed by atoms with Crippen LogP contribution in [0, 0.1) is 6.92 Å². The van der Waals surface area contributed by atoms with Gasteiger partial charge in [-0.3, -0.25) is 4.79 Å². The van der Waals surface area contributed by atoms with Gasteiger partial charge in [-0.05, 0) is 38.3 Å². The second kappa shape index (κ2) is 6.78. The van der Waals surface area contributed by atoms with Crippen molar-refractivity contribution >= 4 is 12.2 Å². The lowest BCUT2D eigenvalue weighted by atomic mass is 10.0. The van der Waals surface area contributed by atoms with Gasteiger partial charge in [-0.1, -0.05) is 6.07 Å². The number of rotatable bonds is 2. The fourth-order valence-corrected chi connectivity index (χ4v) is 1.67. The van der Waals surface area contributed by atoms with E-state index in [1.54, 1.807) is 6.92 Å². The van der Waals surface area contributed by atoms with Gasteiger partial charge in [0.2, 0.25) is 0 Å². The molecule has 4 heteroatoms. The number of aryl methyl sites for hydroxylation is 1. The van der Waals surface area contributed by atoms with Gasteiger partial charge in [0.15, 0.2) is 0 Å². The highest BCUT2D eigenvalue weighted by molar-refractivity contribution is 5.57. The van der Waals surface area contributed by atoms with Crippen LogP contribution in [0.5, 0.6) is 5.75 Å². The molecular weight excluding hydrogens is 218 g/mol. The molecule has 0 aromatic heterocycles. The molecule has 1 aromatic rings. The normalized spacial score (nSPS) is 12.6. The standard InChI is InChI=1S/C10H13NO.C3H6O2/c1-7-9(11)5-4-8-3-2-6-12-10(7)8;1-2-5-3-4/h4-5H,2-3,6,11H2,1H3;3H,2H2,1H3. The molecular formula is C13H19NO3. The molecule has 0 amide bonds. The predicted molar refractivity (Wildman–Crippen MR) is 67.1 cm³/mol. The molecule has 0 saturated carbocycles. The summed E-state index contributed by atoms with van der Waals surface area (Å²) in [4.78, 5) is 9.18. The molecule has 1 aliphatic heterocycles. The first-order valence-electron chi connectivity index (χ1n) is 5.76. The summed E-state index contributed by atoms with van der Waals surface area (Å²) in [5.74, 6) is 1.02. The quantitative estimate of drug-likeness (QED) is 0.632. The van der Waals surface area contributed by atoms with Crippen molar-refractivity contribution in [1.29, 1.82) is 0 Å². The fourth-order valence-electron chi connectivity index (χ4n) is 1.67. The summed E-state index contributed by atoms with van der Waals surface area (Å²) in [6.45, 7) is 5.51. The molecule has 2 N–H and O–H groups in total. The summed E-state index contributed by atoms with van der Waals surface area (Å²) in [6.07, 6.45) is 2.24. The van der Waals surface area contributed by atoms with Crippen molar-refractivity contribution in [3.63, 3.8) is 0 Å². The molecule has 0 radical (unpaired) electrons. The van der Waals surface area contributed by atoms with E-state index in [-0.39, 0.29) is 0 Å². The topological polar surface area (TPSA) is 61.5 Å². The minimum absolute atomic E-state index is 0.431. The molecule has 0 spiro atoms. The van der Waals surface area contributed by atoms with Crippen LogP contribution in [0.4, 0.5) is 5.69 Å². The number of ether oxygens (including phenoxy) is 2. The van der Waals surface area contributed by atoms with Gasteiger partial charge < -0.3 is 15.2 Å². The van der Waals surface area contributed by atoms with Gasteiger partial charge in [-0.15, -0.1) is 0 Å². The van der Waals surface area contributed by atoms with Crippen molar-refractivity contribution in [3.05, 3.63) is 23.3 Å². The van der Waals surface area contributed by atoms with E-state index in [4.69, 9.17) is 10.5 Å². The van der Waals surface area contributed by atoms with Gasteiger partial charge >= 0.3 is 0 Å². The number of hydrogen-bond donors (Lipinski definition) is 1. The second-order valence-corrected chi connectivity index (χ2v) is 3.77. The third kappa shape index (κ3) is 3.66. The molecule has 4 nitrogen and oxygen atoms in total. The molecule has 94 valence electrons. The van der Waals surface area contributed by atoms with Gasteiger partial charge in [0.1, 0.15) is 5.75 Å². The Morgan fingerprint density at radius 1 is 1.53 bits per heavy atom. The number of nitrogens with two attached hydrogens (primary N) is 1. The Kier molecular flexibility index (Phi) is 5.33. The van der Waals surface area contributed by atoms with Crippen LogP contribution in [0.2, 0.25) is 0 Å². The van der Waals surface area contributed by atoms with Crippen molar-refractivity contribution < 1.29 is 14.3 Å². The summed E-state index contributed by atoms with van der Waals surface area (Å²) >= 11 is 0. The lowest BCUT2D eigenvalue weighted by molar-refractivity contribution is -0.128. The Labute approximate surface area is 102 Å². The third-order valence-electron chi connectivity index (χ3n) is 2.60. The summed E-state index contributed by atoms with van der Waals surface area (Å²) in [6, 6.07) is 4.03. The van der Waals surface area contributed by atoms with Crippen LogP contribution in [-0.2, 0) is 16.0 Å². The minimum Gasteiger partial charge on any atom is -0.493 e. The van der Waals surface area contributed by atoms with Crippen molar-refractivity contribution in [2.45, 2.75) is 26.7 Å². The van der Waals surface area contributed by atoms with Crippen LogP contribution < -0.4 is 10.5 Å². The zero-order valence-electron chi connectivity index (χ0n) is 10.4. The third-order valence-corrected chi connectivity index (χ3v) is 2.60. The highest BCUT2D eigenvalue weighted by atomic mass is 16.5. The van der Waals surface area contributed by atoms with E-state index >= 15 is 0 Å². The number of nitrogen functional groups attached to an aromatic ring is 1. The molecule has 1 aromatic carbocycles. The first kappa shape index (κ1) is 13.4. The Hall–Kier alpha value is -1.71. The molecule has 17 heavy (non-hydrogen) atoms. The number of carbonyl (C=O) groups excluding carboxylic acids is 1. The van der Waals surface area contributed by atoms with Crippen molar-refractivity contribution in [2.75, 3.05) is 18.9 Å². The maximum absolute atomic E-state index is 9.18. The predicted octanol–water partition coefficient (Wildman–Crippen LogP) is 2.08. The maximum Gasteiger partial charge on any atom is 0.293 e. The zero-order valence-corrected chi connectivity index (χ0v) is 10.4. The van der Waals surface area contributed by atoms with Crippen LogP contribution in [0.1, 0.15) is 24.5 Å². The Bertz CT molecular complexity index is 377. The number of fused-ring (bicyclic) bond motifs is 1. The van der Waals surface area contributed by atoms with Crippen LogP contribution >= 0.6 is 0 Å². The Balaban J connectivity index is 0.000000249. The van der Waals surface area contributed by atoms with Crippen molar-refractivity contribution in [3.8, 4) is 5.75 Å². The lowest BCUT2D eigenvalue weighted by Crippen LogP contribution is -2.10. The lowest BCUT2D eigenvalue weighted by Gasteiger charge is -2.19. The van der Waals surface area contributed by atoms with Gasteiger partial charge in [0.25, 0.3) is 6.47 Å². The van der Waals surface area contributed by atoms with E-state index < -0.39 is 0 Å². The average Bonchev–Trinajstić information content (AvgIpc) is 2.36. The van der Waals surface area contributed by atoms with Gasteiger partial charge in [-0.25, -0.2) is 0 Å². The van der Waals surface area contributed by atoms with E-state index in [1.165, 1.54) is 5.56 Å². The average molecular weight is 237 g/mol. The Morgan fingerprint density at radius 2 is 2.29 bits per heavy atom. The first-order chi connectivity index (χ1) is 8.20. The van der Waals surface area contributed by atoms with E-state index in [0.29, 0.717) is 13.1 Å². The van der Waals surface area contributed by atoms with Crippen molar-refractivity contribution in [1.82, 2.24) is 0 Å². The molecule has 0 fully saturated rings. The van der Waals surface area contributed by atoms with E-state index in [1.807, 2.05) is 13.0 Å².